The molecule has 0 amide bonds. The molecule has 118 valence electrons. The molecule has 20 heavy (non-hydrogen) atoms. The normalized spacial score (nSPS) is 37.5. The van der Waals surface area contributed by atoms with Crippen LogP contribution >= 0.6 is 0 Å². The Morgan fingerprint density at radius 3 is 2.55 bits per heavy atom. The molecular weight excluding hydrogens is 248 g/mol. The monoisotopic (exact) mass is 282 g/mol. The third kappa shape index (κ3) is 3.55. The van der Waals surface area contributed by atoms with Gasteiger partial charge in [-0.3, -0.25) is 0 Å². The lowest BCUT2D eigenvalue weighted by Crippen LogP contribution is -2.50. The minimum Gasteiger partial charge on any atom is -0.377 e. The summed E-state index contributed by atoms with van der Waals surface area (Å²) in [6.45, 7) is 13.9. The van der Waals surface area contributed by atoms with E-state index in [2.05, 4.69) is 32.6 Å². The summed E-state index contributed by atoms with van der Waals surface area (Å²) in [6.07, 6.45) is 5.42. The van der Waals surface area contributed by atoms with Crippen LogP contribution in [0.2, 0.25) is 0 Å². The van der Waals surface area contributed by atoms with Crippen molar-refractivity contribution in [1.82, 2.24) is 4.90 Å². The standard InChI is InChI=1S/C17H34N2O/c1-5-19(12-15-7-6-10-20-15)11-14-8-9-16(18)13(2)17(14,3)4/h13-16H,5-12,18H2,1-4H3. The third-order valence-electron chi connectivity index (χ3n) is 6.13. The Morgan fingerprint density at radius 1 is 1.20 bits per heavy atom. The van der Waals surface area contributed by atoms with Crippen molar-refractivity contribution in [3.63, 3.8) is 0 Å². The van der Waals surface area contributed by atoms with Gasteiger partial charge >= 0.3 is 0 Å². The summed E-state index contributed by atoms with van der Waals surface area (Å²) in [6, 6.07) is 0.384. The van der Waals surface area contributed by atoms with Crippen LogP contribution in [0.1, 0.15) is 53.4 Å². The number of rotatable bonds is 5. The summed E-state index contributed by atoms with van der Waals surface area (Å²) >= 11 is 0. The number of hydrogen-bond acceptors (Lipinski definition) is 3. The number of nitrogens with zero attached hydrogens (tertiary/aromatic N) is 1. The van der Waals surface area contributed by atoms with Crippen LogP contribution in [0.4, 0.5) is 0 Å². The molecule has 4 atom stereocenters. The van der Waals surface area contributed by atoms with E-state index in [0.29, 0.717) is 23.5 Å². The van der Waals surface area contributed by atoms with Crippen LogP contribution in [-0.2, 0) is 4.74 Å². The van der Waals surface area contributed by atoms with E-state index in [1.54, 1.807) is 0 Å². The highest BCUT2D eigenvalue weighted by molar-refractivity contribution is 4.94. The van der Waals surface area contributed by atoms with Gasteiger partial charge in [0.15, 0.2) is 0 Å². The molecule has 1 aliphatic heterocycles. The summed E-state index contributed by atoms with van der Waals surface area (Å²) in [4.78, 5) is 2.60. The van der Waals surface area contributed by atoms with E-state index in [4.69, 9.17) is 10.5 Å². The first-order valence-corrected chi connectivity index (χ1v) is 8.54. The van der Waals surface area contributed by atoms with Gasteiger partial charge in [-0.15, -0.1) is 0 Å². The van der Waals surface area contributed by atoms with Gasteiger partial charge in [0.25, 0.3) is 0 Å². The van der Waals surface area contributed by atoms with Gasteiger partial charge in [-0.05, 0) is 49.5 Å². The topological polar surface area (TPSA) is 38.5 Å². The number of hydrogen-bond donors (Lipinski definition) is 1. The van der Waals surface area contributed by atoms with E-state index in [-0.39, 0.29) is 0 Å². The van der Waals surface area contributed by atoms with Crippen molar-refractivity contribution in [3.8, 4) is 0 Å². The molecule has 0 aromatic carbocycles. The van der Waals surface area contributed by atoms with Crippen molar-refractivity contribution >= 4 is 0 Å². The van der Waals surface area contributed by atoms with E-state index < -0.39 is 0 Å². The number of ether oxygens (including phenoxy) is 1. The maximum absolute atomic E-state index is 6.28. The zero-order chi connectivity index (χ0) is 14.8. The molecule has 3 heteroatoms. The van der Waals surface area contributed by atoms with Crippen molar-refractivity contribution in [2.45, 2.75) is 65.5 Å². The fourth-order valence-corrected chi connectivity index (χ4v) is 3.99. The average molecular weight is 282 g/mol. The van der Waals surface area contributed by atoms with Gasteiger partial charge in [0.1, 0.15) is 0 Å². The van der Waals surface area contributed by atoms with E-state index in [1.807, 2.05) is 0 Å². The highest BCUT2D eigenvalue weighted by Crippen LogP contribution is 2.44. The lowest BCUT2D eigenvalue weighted by atomic mass is 9.61. The van der Waals surface area contributed by atoms with Crippen LogP contribution in [0.3, 0.4) is 0 Å². The maximum Gasteiger partial charge on any atom is 0.0702 e. The molecule has 0 aromatic rings. The van der Waals surface area contributed by atoms with Gasteiger partial charge in [0.2, 0.25) is 0 Å². The second kappa shape index (κ2) is 6.76. The van der Waals surface area contributed by atoms with Crippen LogP contribution in [0.15, 0.2) is 0 Å². The van der Waals surface area contributed by atoms with Crippen molar-refractivity contribution in [2.24, 2.45) is 23.0 Å². The molecule has 2 rings (SSSR count). The summed E-state index contributed by atoms with van der Waals surface area (Å²) in [5.74, 6) is 1.38. The molecule has 1 aliphatic carbocycles. The second-order valence-electron chi connectivity index (χ2n) is 7.54. The SMILES string of the molecule is CCN(CC1CCCO1)CC1CCC(N)C(C)C1(C)C. The Balaban J connectivity index is 1.92. The molecule has 1 heterocycles. The van der Waals surface area contributed by atoms with Crippen LogP contribution in [-0.4, -0.2) is 43.3 Å². The van der Waals surface area contributed by atoms with Gasteiger partial charge in [-0.2, -0.15) is 0 Å². The lowest BCUT2D eigenvalue weighted by Gasteiger charge is -2.48. The van der Waals surface area contributed by atoms with Crippen molar-refractivity contribution in [2.75, 3.05) is 26.2 Å². The largest absolute Gasteiger partial charge is 0.377 e. The first-order valence-electron chi connectivity index (χ1n) is 8.54. The first-order chi connectivity index (χ1) is 9.45. The molecule has 3 nitrogen and oxygen atoms in total. The second-order valence-corrected chi connectivity index (χ2v) is 7.54. The molecule has 4 unspecified atom stereocenters. The van der Waals surface area contributed by atoms with Gasteiger partial charge in [0.05, 0.1) is 6.10 Å². The van der Waals surface area contributed by atoms with Gasteiger partial charge < -0.3 is 15.4 Å². The molecule has 0 bridgehead atoms. The Morgan fingerprint density at radius 2 is 1.95 bits per heavy atom. The maximum atomic E-state index is 6.28. The molecule has 2 aliphatic rings. The predicted octanol–water partition coefficient (Wildman–Crippen LogP) is 2.89. The molecule has 1 saturated carbocycles. The zero-order valence-electron chi connectivity index (χ0n) is 13.9. The van der Waals surface area contributed by atoms with Crippen molar-refractivity contribution in [3.05, 3.63) is 0 Å². The third-order valence-corrected chi connectivity index (χ3v) is 6.13. The Kier molecular flexibility index (Phi) is 5.49. The number of nitrogens with two attached hydrogens (primary N) is 1. The minimum absolute atomic E-state index is 0.349. The first kappa shape index (κ1) is 16.3. The van der Waals surface area contributed by atoms with Crippen molar-refractivity contribution in [1.29, 1.82) is 0 Å². The fraction of sp³-hybridized carbons (Fsp3) is 1.00. The van der Waals surface area contributed by atoms with Crippen LogP contribution < -0.4 is 5.73 Å². The molecule has 2 N–H and O–H groups in total. The zero-order valence-corrected chi connectivity index (χ0v) is 13.9. The smallest absolute Gasteiger partial charge is 0.0702 e. The highest BCUT2D eigenvalue weighted by Gasteiger charge is 2.42. The molecule has 0 radical (unpaired) electrons. The Bertz CT molecular complexity index is 299. The van der Waals surface area contributed by atoms with Crippen LogP contribution in [0.5, 0.6) is 0 Å². The van der Waals surface area contributed by atoms with E-state index in [1.165, 1.54) is 32.2 Å². The quantitative estimate of drug-likeness (QED) is 0.842. The summed E-state index contributed by atoms with van der Waals surface area (Å²) in [7, 11) is 0. The molecule has 2 fully saturated rings. The van der Waals surface area contributed by atoms with Gasteiger partial charge in [-0.25, -0.2) is 0 Å². The minimum atomic E-state index is 0.349. The predicted molar refractivity (Wildman–Crippen MR) is 84.7 cm³/mol. The molecule has 1 saturated heterocycles. The molecule has 0 aromatic heterocycles. The number of likely N-dealkylation sites (N-methyl/N-ethyl adjacent to an activating group) is 1. The van der Waals surface area contributed by atoms with Crippen LogP contribution in [0, 0.1) is 17.3 Å². The Labute approximate surface area is 125 Å². The molecular formula is C17H34N2O. The van der Waals surface area contributed by atoms with E-state index in [9.17, 15) is 0 Å². The lowest BCUT2D eigenvalue weighted by molar-refractivity contribution is 0.0133. The van der Waals surface area contributed by atoms with Gasteiger partial charge in [0, 0.05) is 25.7 Å². The van der Waals surface area contributed by atoms with Crippen molar-refractivity contribution < 1.29 is 4.74 Å². The molecule has 0 spiro atoms. The summed E-state index contributed by atoms with van der Waals surface area (Å²) < 4.78 is 5.80. The summed E-state index contributed by atoms with van der Waals surface area (Å²) in [5, 5.41) is 0. The fourth-order valence-electron chi connectivity index (χ4n) is 3.99. The average Bonchev–Trinajstić information content (AvgIpc) is 2.91. The summed E-state index contributed by atoms with van der Waals surface area (Å²) in [5.41, 5.74) is 6.63. The van der Waals surface area contributed by atoms with Crippen LogP contribution in [0.25, 0.3) is 0 Å². The highest BCUT2D eigenvalue weighted by atomic mass is 16.5. The van der Waals surface area contributed by atoms with E-state index in [0.717, 1.165) is 25.6 Å². The van der Waals surface area contributed by atoms with E-state index >= 15 is 0 Å². The van der Waals surface area contributed by atoms with Gasteiger partial charge in [-0.1, -0.05) is 27.7 Å². The Hall–Kier alpha value is -0.120.